The first-order valence-corrected chi connectivity index (χ1v) is 12.8. The quantitative estimate of drug-likeness (QED) is 0.547. The van der Waals surface area contributed by atoms with Crippen molar-refractivity contribution in [2.24, 2.45) is 16.7 Å². The summed E-state index contributed by atoms with van der Waals surface area (Å²) in [5.41, 5.74) is 0.0166. The molecule has 2 N–H and O–H groups in total. The lowest BCUT2D eigenvalue weighted by molar-refractivity contribution is -0.164. The number of carboxylic acid groups (broad SMARTS) is 1. The molecule has 0 unspecified atom stereocenters. The van der Waals surface area contributed by atoms with E-state index in [0.29, 0.717) is 40.9 Å². The predicted octanol–water partition coefficient (Wildman–Crippen LogP) is 4.30. The Balaban J connectivity index is 1.37. The smallest absolute Gasteiger partial charge is 0.303 e. The van der Waals surface area contributed by atoms with Crippen LogP contribution in [-0.4, -0.2) is 52.2 Å². The topological polar surface area (TPSA) is 128 Å². The molecule has 1 saturated heterocycles. The Morgan fingerprint density at radius 2 is 1.81 bits per heavy atom. The number of ether oxygens (including phenoxy) is 1. The molecule has 9 nitrogen and oxygen atoms in total. The number of carbonyl (C=O) groups excluding carboxylic acids is 1. The number of carbonyl (C=O) groups is 2. The number of benzene rings is 1. The molecule has 1 saturated carbocycles. The fourth-order valence-corrected chi connectivity index (χ4v) is 6.21. The van der Waals surface area contributed by atoms with Crippen molar-refractivity contribution in [1.29, 1.82) is 5.26 Å². The summed E-state index contributed by atoms with van der Waals surface area (Å²) in [4.78, 5) is 34.9. The number of carboxylic acids is 1. The van der Waals surface area contributed by atoms with Gasteiger partial charge < -0.3 is 20.1 Å². The SMILES string of the molecule is CC1(C)C(NC(=O)c2cnc(N3CCC(CC(=O)O)CC3)nc2)C(C)(C)C1Oc1ccc(C#N)c(Cl)c1. The van der Waals surface area contributed by atoms with E-state index in [1.165, 1.54) is 12.4 Å². The number of aromatic nitrogens is 2. The van der Waals surface area contributed by atoms with Gasteiger partial charge in [0, 0.05) is 54.8 Å². The van der Waals surface area contributed by atoms with Crippen LogP contribution >= 0.6 is 11.6 Å². The van der Waals surface area contributed by atoms with Crippen molar-refractivity contribution in [1.82, 2.24) is 15.3 Å². The number of hydrogen-bond acceptors (Lipinski definition) is 7. The van der Waals surface area contributed by atoms with Gasteiger partial charge in [-0.25, -0.2) is 9.97 Å². The molecule has 0 radical (unpaired) electrons. The van der Waals surface area contributed by atoms with Gasteiger partial charge in [0.1, 0.15) is 17.9 Å². The third-order valence-electron chi connectivity index (χ3n) is 7.69. The molecule has 1 aliphatic heterocycles. The fraction of sp³-hybridized carbons (Fsp3) is 0.519. The van der Waals surface area contributed by atoms with E-state index >= 15 is 0 Å². The fourth-order valence-electron chi connectivity index (χ4n) is 6.00. The van der Waals surface area contributed by atoms with E-state index in [4.69, 9.17) is 26.7 Å². The average Bonchev–Trinajstić information content (AvgIpc) is 2.85. The summed E-state index contributed by atoms with van der Waals surface area (Å²) in [6, 6.07) is 6.89. The van der Waals surface area contributed by atoms with Crippen LogP contribution in [0.5, 0.6) is 5.75 Å². The summed E-state index contributed by atoms with van der Waals surface area (Å²) < 4.78 is 6.28. The van der Waals surface area contributed by atoms with Gasteiger partial charge in [0.25, 0.3) is 5.91 Å². The molecule has 1 aromatic heterocycles. The Morgan fingerprint density at radius 3 is 2.35 bits per heavy atom. The zero-order chi connectivity index (χ0) is 27.0. The first-order valence-electron chi connectivity index (χ1n) is 12.4. The number of halogens is 1. The summed E-state index contributed by atoms with van der Waals surface area (Å²) in [6.07, 6.45) is 4.62. The van der Waals surface area contributed by atoms with Crippen LogP contribution in [0.2, 0.25) is 5.02 Å². The molecule has 4 rings (SSSR count). The number of nitrogens with zero attached hydrogens (tertiary/aromatic N) is 4. The molecule has 2 aliphatic rings. The van der Waals surface area contributed by atoms with Crippen LogP contribution in [0.25, 0.3) is 0 Å². The van der Waals surface area contributed by atoms with E-state index in [9.17, 15) is 9.59 Å². The molecule has 0 atom stereocenters. The molecule has 1 aromatic carbocycles. The first-order chi connectivity index (χ1) is 17.4. The lowest BCUT2D eigenvalue weighted by Gasteiger charge is -2.63. The molecule has 1 aliphatic carbocycles. The molecular weight excluding hydrogens is 494 g/mol. The zero-order valence-corrected chi connectivity index (χ0v) is 22.2. The number of aliphatic carboxylic acids is 1. The van der Waals surface area contributed by atoms with Gasteiger partial charge >= 0.3 is 5.97 Å². The van der Waals surface area contributed by atoms with Gasteiger partial charge in [-0.05, 0) is 30.9 Å². The maximum Gasteiger partial charge on any atom is 0.303 e. The normalized spacial score (nSPS) is 22.4. The number of nitrogens with one attached hydrogen (secondary N) is 1. The van der Waals surface area contributed by atoms with Crippen LogP contribution in [0.1, 0.15) is 62.9 Å². The van der Waals surface area contributed by atoms with Gasteiger partial charge in [0.15, 0.2) is 0 Å². The van der Waals surface area contributed by atoms with Crippen molar-refractivity contribution in [2.45, 2.75) is 59.1 Å². The minimum Gasteiger partial charge on any atom is -0.489 e. The standard InChI is InChI=1S/C27H32ClN5O4/c1-26(2)23(27(3,4)24(26)37-19-6-5-17(13-29)20(28)12-19)32-22(36)18-14-30-25(31-15-18)33-9-7-16(8-10-33)11-21(34)35/h5-6,12,14-16,23-24H,7-11H2,1-4H3,(H,32,36)(H,34,35). The maximum atomic E-state index is 13.1. The summed E-state index contributed by atoms with van der Waals surface area (Å²) in [5, 5.41) is 21.6. The second kappa shape index (κ2) is 10.2. The number of piperidine rings is 1. The van der Waals surface area contributed by atoms with E-state index < -0.39 is 5.97 Å². The number of amides is 1. The van der Waals surface area contributed by atoms with E-state index in [1.807, 2.05) is 38.7 Å². The highest BCUT2D eigenvalue weighted by molar-refractivity contribution is 6.31. The first kappa shape index (κ1) is 26.7. The molecular formula is C27H32ClN5O4. The Morgan fingerprint density at radius 1 is 1.19 bits per heavy atom. The second-order valence-corrected chi connectivity index (χ2v) is 11.5. The number of rotatable bonds is 7. The highest BCUT2D eigenvalue weighted by Crippen LogP contribution is 2.55. The molecule has 0 bridgehead atoms. The highest BCUT2D eigenvalue weighted by atomic mass is 35.5. The molecule has 2 heterocycles. The van der Waals surface area contributed by atoms with Crippen LogP contribution in [0.3, 0.4) is 0 Å². The molecule has 2 fully saturated rings. The van der Waals surface area contributed by atoms with Crippen molar-refractivity contribution in [3.63, 3.8) is 0 Å². The van der Waals surface area contributed by atoms with Crippen molar-refractivity contribution in [3.05, 3.63) is 46.7 Å². The van der Waals surface area contributed by atoms with Crippen LogP contribution in [0.4, 0.5) is 5.95 Å². The van der Waals surface area contributed by atoms with Crippen molar-refractivity contribution in [3.8, 4) is 11.8 Å². The highest BCUT2D eigenvalue weighted by Gasteiger charge is 2.64. The van der Waals surface area contributed by atoms with Crippen LogP contribution < -0.4 is 15.0 Å². The molecule has 0 spiro atoms. The lowest BCUT2D eigenvalue weighted by atomic mass is 9.49. The van der Waals surface area contributed by atoms with Gasteiger partial charge in [-0.3, -0.25) is 9.59 Å². The van der Waals surface area contributed by atoms with Gasteiger partial charge in [-0.2, -0.15) is 5.26 Å². The second-order valence-electron chi connectivity index (χ2n) is 11.1. The van der Waals surface area contributed by atoms with Gasteiger partial charge in [-0.1, -0.05) is 39.3 Å². The van der Waals surface area contributed by atoms with E-state index in [2.05, 4.69) is 15.3 Å². The minimum atomic E-state index is -0.764. The van der Waals surface area contributed by atoms with Gasteiger partial charge in [0.05, 0.1) is 16.1 Å². The molecule has 1 amide bonds. The third kappa shape index (κ3) is 5.35. The largest absolute Gasteiger partial charge is 0.489 e. The minimum absolute atomic E-state index is 0.167. The van der Waals surface area contributed by atoms with Crippen molar-refractivity contribution < 1.29 is 19.4 Å². The Labute approximate surface area is 221 Å². The summed E-state index contributed by atoms with van der Waals surface area (Å²) >= 11 is 6.17. The molecule has 10 heteroatoms. The Bertz CT molecular complexity index is 1200. The number of nitriles is 1. The van der Waals surface area contributed by atoms with Crippen LogP contribution in [0, 0.1) is 28.1 Å². The summed E-state index contributed by atoms with van der Waals surface area (Å²) in [7, 11) is 0. The Hall–Kier alpha value is -3.38. The molecule has 37 heavy (non-hydrogen) atoms. The number of anilines is 1. The van der Waals surface area contributed by atoms with Gasteiger partial charge in [0.2, 0.25) is 5.95 Å². The monoisotopic (exact) mass is 525 g/mol. The summed E-state index contributed by atoms with van der Waals surface area (Å²) in [5.74, 6) is 0.284. The number of hydrogen-bond donors (Lipinski definition) is 2. The van der Waals surface area contributed by atoms with Gasteiger partial charge in [-0.15, -0.1) is 0 Å². The summed E-state index contributed by atoms with van der Waals surface area (Å²) in [6.45, 7) is 9.58. The molecule has 196 valence electrons. The lowest BCUT2D eigenvalue weighted by Crippen LogP contribution is -2.74. The van der Waals surface area contributed by atoms with Crippen LogP contribution in [0.15, 0.2) is 30.6 Å². The van der Waals surface area contributed by atoms with E-state index in [0.717, 1.165) is 12.8 Å². The van der Waals surface area contributed by atoms with E-state index in [1.54, 1.807) is 18.2 Å². The van der Waals surface area contributed by atoms with Crippen molar-refractivity contribution in [2.75, 3.05) is 18.0 Å². The van der Waals surface area contributed by atoms with Crippen LogP contribution in [-0.2, 0) is 4.79 Å². The van der Waals surface area contributed by atoms with Crippen molar-refractivity contribution >= 4 is 29.4 Å². The molecule has 2 aromatic rings. The average molecular weight is 526 g/mol. The Kier molecular flexibility index (Phi) is 7.33. The maximum absolute atomic E-state index is 13.1. The zero-order valence-electron chi connectivity index (χ0n) is 21.5. The predicted molar refractivity (Wildman–Crippen MR) is 139 cm³/mol. The third-order valence-corrected chi connectivity index (χ3v) is 8.00. The van der Waals surface area contributed by atoms with E-state index in [-0.39, 0.29) is 41.2 Å².